The Morgan fingerprint density at radius 2 is 1.88 bits per heavy atom. The van der Waals surface area contributed by atoms with Gasteiger partial charge in [-0.25, -0.2) is 0 Å². The fraction of sp³-hybridized carbons (Fsp3) is 0.750. The zero-order chi connectivity index (χ0) is 13.2. The molecule has 0 radical (unpaired) electrons. The van der Waals surface area contributed by atoms with Gasteiger partial charge in [0.25, 0.3) is 0 Å². The first-order chi connectivity index (χ1) is 7.82. The number of thioether (sulfide) groups is 1. The molecule has 0 heterocycles. The Bertz CT molecular complexity index is 335. The Hall–Kier alpha value is -0.840. The number of esters is 1. The molecule has 1 aliphatic rings. The van der Waals surface area contributed by atoms with Crippen molar-refractivity contribution in [3.63, 3.8) is 0 Å². The van der Waals surface area contributed by atoms with E-state index < -0.39 is 12.1 Å². The largest absolute Gasteiger partial charge is 0.446 e. The maximum atomic E-state index is 11.9. The third-order valence-electron chi connectivity index (χ3n) is 2.40. The molecule has 0 aromatic heterocycles. The second-order valence-corrected chi connectivity index (χ2v) is 6.50. The number of hydrogen-bond acceptors (Lipinski definition) is 5. The first kappa shape index (κ1) is 14.2. The SMILES string of the molecule is CC(C)SC1CC(=O)C(OC(=O)C(C)C)C1=O. The lowest BCUT2D eigenvalue weighted by atomic mass is 10.2. The van der Waals surface area contributed by atoms with Crippen LogP contribution in [-0.4, -0.2) is 34.1 Å². The van der Waals surface area contributed by atoms with Crippen LogP contribution in [0.3, 0.4) is 0 Å². The molecule has 4 nitrogen and oxygen atoms in total. The smallest absolute Gasteiger partial charge is 0.309 e. The normalized spacial score (nSPS) is 24.8. The van der Waals surface area contributed by atoms with Crippen LogP contribution in [0.1, 0.15) is 34.1 Å². The summed E-state index contributed by atoms with van der Waals surface area (Å²) in [5.74, 6) is -1.36. The molecule has 2 atom stereocenters. The molecule has 2 unspecified atom stereocenters. The maximum Gasteiger partial charge on any atom is 0.309 e. The van der Waals surface area contributed by atoms with E-state index in [9.17, 15) is 14.4 Å². The molecule has 0 aliphatic heterocycles. The van der Waals surface area contributed by atoms with Crippen molar-refractivity contribution in [3.05, 3.63) is 0 Å². The fourth-order valence-electron chi connectivity index (χ4n) is 1.54. The maximum absolute atomic E-state index is 11.9. The molecule has 1 rings (SSSR count). The van der Waals surface area contributed by atoms with Gasteiger partial charge in [0.05, 0.1) is 11.2 Å². The summed E-state index contributed by atoms with van der Waals surface area (Å²) in [4.78, 5) is 34.9. The van der Waals surface area contributed by atoms with Gasteiger partial charge >= 0.3 is 5.97 Å². The Morgan fingerprint density at radius 1 is 1.29 bits per heavy atom. The van der Waals surface area contributed by atoms with Gasteiger partial charge in [0.2, 0.25) is 6.10 Å². The van der Waals surface area contributed by atoms with Gasteiger partial charge in [-0.05, 0) is 5.25 Å². The Kier molecular flexibility index (Phi) is 4.74. The molecular formula is C12H18O4S. The highest BCUT2D eigenvalue weighted by molar-refractivity contribution is 8.01. The summed E-state index contributed by atoms with van der Waals surface area (Å²) < 4.78 is 4.96. The van der Waals surface area contributed by atoms with Crippen molar-refractivity contribution in [3.8, 4) is 0 Å². The van der Waals surface area contributed by atoms with Gasteiger partial charge in [0, 0.05) is 6.42 Å². The first-order valence-electron chi connectivity index (χ1n) is 5.75. The van der Waals surface area contributed by atoms with E-state index in [1.807, 2.05) is 13.8 Å². The summed E-state index contributed by atoms with van der Waals surface area (Å²) in [5.41, 5.74) is 0. The molecule has 0 aromatic carbocycles. The molecule has 1 fully saturated rings. The molecule has 0 aromatic rings. The van der Waals surface area contributed by atoms with Crippen LogP contribution in [0, 0.1) is 5.92 Å². The minimum absolute atomic E-state index is 0.178. The minimum Gasteiger partial charge on any atom is -0.446 e. The molecule has 17 heavy (non-hydrogen) atoms. The van der Waals surface area contributed by atoms with Crippen molar-refractivity contribution in [1.82, 2.24) is 0 Å². The quantitative estimate of drug-likeness (QED) is 0.566. The molecule has 96 valence electrons. The van der Waals surface area contributed by atoms with Crippen molar-refractivity contribution in [2.75, 3.05) is 0 Å². The van der Waals surface area contributed by atoms with Gasteiger partial charge in [0.15, 0.2) is 11.6 Å². The number of hydrogen-bond donors (Lipinski definition) is 0. The zero-order valence-electron chi connectivity index (χ0n) is 10.6. The van der Waals surface area contributed by atoms with E-state index >= 15 is 0 Å². The molecule has 0 N–H and O–H groups in total. The summed E-state index contributed by atoms with van der Waals surface area (Å²) in [6.45, 7) is 7.28. The molecule has 5 heteroatoms. The minimum atomic E-state index is -1.17. The third-order valence-corrected chi connectivity index (χ3v) is 3.67. The Balaban J connectivity index is 2.66. The molecule has 0 spiro atoms. The number of carbonyl (C=O) groups is 3. The first-order valence-corrected chi connectivity index (χ1v) is 6.69. The lowest BCUT2D eigenvalue weighted by molar-refractivity contribution is -0.160. The van der Waals surface area contributed by atoms with Crippen LogP contribution < -0.4 is 0 Å². The van der Waals surface area contributed by atoms with E-state index in [-0.39, 0.29) is 34.4 Å². The van der Waals surface area contributed by atoms with Crippen molar-refractivity contribution < 1.29 is 19.1 Å². The average Bonchev–Trinajstić information content (AvgIpc) is 2.44. The highest BCUT2D eigenvalue weighted by Gasteiger charge is 2.44. The van der Waals surface area contributed by atoms with E-state index in [1.165, 1.54) is 11.8 Å². The third kappa shape index (κ3) is 3.56. The van der Waals surface area contributed by atoms with Crippen molar-refractivity contribution in [2.45, 2.75) is 50.7 Å². The number of ketones is 2. The Morgan fingerprint density at radius 3 is 2.35 bits per heavy atom. The van der Waals surface area contributed by atoms with Crippen molar-refractivity contribution in [2.24, 2.45) is 5.92 Å². The second-order valence-electron chi connectivity index (χ2n) is 4.72. The number of rotatable bonds is 4. The van der Waals surface area contributed by atoms with E-state index in [0.717, 1.165) is 0 Å². The van der Waals surface area contributed by atoms with E-state index in [2.05, 4.69) is 0 Å². The zero-order valence-corrected chi connectivity index (χ0v) is 11.4. The molecular weight excluding hydrogens is 240 g/mol. The van der Waals surface area contributed by atoms with Crippen LogP contribution in [-0.2, 0) is 19.1 Å². The second kappa shape index (κ2) is 5.67. The van der Waals surface area contributed by atoms with Gasteiger partial charge in [0.1, 0.15) is 0 Å². The highest BCUT2D eigenvalue weighted by Crippen LogP contribution is 2.29. The summed E-state index contributed by atoms with van der Waals surface area (Å²) in [6.07, 6.45) is -0.987. The number of carbonyl (C=O) groups excluding carboxylic acids is 3. The van der Waals surface area contributed by atoms with E-state index in [0.29, 0.717) is 0 Å². The lowest BCUT2D eigenvalue weighted by Gasteiger charge is -2.13. The standard InChI is InChI=1S/C12H18O4S/c1-6(2)12(15)16-11-8(13)5-9(10(11)14)17-7(3)4/h6-7,9,11H,5H2,1-4H3. The van der Waals surface area contributed by atoms with Crippen LogP contribution in [0.5, 0.6) is 0 Å². The van der Waals surface area contributed by atoms with Crippen molar-refractivity contribution >= 4 is 29.3 Å². The number of Topliss-reactive ketones (excluding diaryl/α,β-unsaturated/α-hetero) is 2. The fourth-order valence-corrected chi connectivity index (χ4v) is 2.71. The van der Waals surface area contributed by atoms with Gasteiger partial charge < -0.3 is 4.74 Å². The van der Waals surface area contributed by atoms with E-state index in [4.69, 9.17) is 4.74 Å². The lowest BCUT2D eigenvalue weighted by Crippen LogP contribution is -2.32. The van der Waals surface area contributed by atoms with Gasteiger partial charge in [-0.3, -0.25) is 14.4 Å². The molecule has 0 bridgehead atoms. The van der Waals surface area contributed by atoms with Crippen LogP contribution in [0.25, 0.3) is 0 Å². The van der Waals surface area contributed by atoms with E-state index in [1.54, 1.807) is 13.8 Å². The summed E-state index contributed by atoms with van der Waals surface area (Å²) in [6, 6.07) is 0. The number of ether oxygens (including phenoxy) is 1. The van der Waals surface area contributed by atoms with Gasteiger partial charge in [-0.1, -0.05) is 27.7 Å². The monoisotopic (exact) mass is 258 g/mol. The van der Waals surface area contributed by atoms with Crippen LogP contribution in [0.15, 0.2) is 0 Å². The molecule has 1 aliphatic carbocycles. The predicted octanol–water partition coefficient (Wildman–Crippen LogP) is 1.61. The van der Waals surface area contributed by atoms with Gasteiger partial charge in [-0.2, -0.15) is 0 Å². The molecule has 1 saturated carbocycles. The predicted molar refractivity (Wildman–Crippen MR) is 65.9 cm³/mol. The topological polar surface area (TPSA) is 60.4 Å². The highest BCUT2D eigenvalue weighted by atomic mass is 32.2. The van der Waals surface area contributed by atoms with Crippen LogP contribution in [0.4, 0.5) is 0 Å². The van der Waals surface area contributed by atoms with Gasteiger partial charge in [-0.15, -0.1) is 11.8 Å². The summed E-state index contributed by atoms with van der Waals surface area (Å²) >= 11 is 1.45. The summed E-state index contributed by atoms with van der Waals surface area (Å²) in [7, 11) is 0. The molecule has 0 amide bonds. The van der Waals surface area contributed by atoms with Crippen LogP contribution >= 0.6 is 11.8 Å². The molecule has 0 saturated heterocycles. The van der Waals surface area contributed by atoms with Crippen molar-refractivity contribution in [1.29, 1.82) is 0 Å². The Labute approximate surface area is 105 Å². The van der Waals surface area contributed by atoms with Crippen LogP contribution in [0.2, 0.25) is 0 Å². The average molecular weight is 258 g/mol. The summed E-state index contributed by atoms with van der Waals surface area (Å²) in [5, 5.41) is -0.0798.